The number of hydrogen-bond acceptors (Lipinski definition) is 3. The Hall–Kier alpha value is -2.88. The van der Waals surface area contributed by atoms with Crippen molar-refractivity contribution in [2.45, 2.75) is 6.04 Å². The molecule has 4 nitrogen and oxygen atoms in total. The van der Waals surface area contributed by atoms with Gasteiger partial charge in [0, 0.05) is 12.4 Å². The summed E-state index contributed by atoms with van der Waals surface area (Å²) < 4.78 is 0. The van der Waals surface area contributed by atoms with Crippen molar-refractivity contribution in [1.82, 2.24) is 9.97 Å². The molecule has 0 unspecified atom stereocenters. The van der Waals surface area contributed by atoms with Crippen LogP contribution in [-0.4, -0.2) is 9.97 Å². The summed E-state index contributed by atoms with van der Waals surface area (Å²) in [7, 11) is 0. The average Bonchev–Trinajstić information content (AvgIpc) is 2.56. The fraction of sp³-hybridized carbons (Fsp3) is 0.0588. The Bertz CT molecular complexity index is 714. The molecule has 2 N–H and O–H groups in total. The molecule has 0 aliphatic heterocycles. The van der Waals surface area contributed by atoms with E-state index in [-0.39, 0.29) is 11.6 Å². The summed E-state index contributed by atoms with van der Waals surface area (Å²) in [6.07, 6.45) is 3.09. The van der Waals surface area contributed by atoms with E-state index in [1.165, 1.54) is 6.20 Å². The average molecular weight is 277 g/mol. The van der Waals surface area contributed by atoms with E-state index in [1.54, 1.807) is 6.20 Å². The minimum atomic E-state index is -0.227. The van der Waals surface area contributed by atoms with E-state index < -0.39 is 0 Å². The van der Waals surface area contributed by atoms with Crippen LogP contribution in [0.1, 0.15) is 17.2 Å². The number of H-pyrrole nitrogens is 1. The van der Waals surface area contributed by atoms with Crippen LogP contribution in [0.2, 0.25) is 0 Å². The maximum atomic E-state index is 11.8. The number of aromatic nitrogens is 2. The molecular formula is C17H15N3O. The molecule has 1 aromatic heterocycles. The predicted octanol–water partition coefficient (Wildman–Crippen LogP) is 2.97. The molecule has 0 radical (unpaired) electrons. The fourth-order valence-electron chi connectivity index (χ4n) is 2.24. The van der Waals surface area contributed by atoms with E-state index in [9.17, 15) is 4.79 Å². The first-order valence-corrected chi connectivity index (χ1v) is 6.75. The lowest BCUT2D eigenvalue weighted by Crippen LogP contribution is -2.20. The maximum Gasteiger partial charge on any atom is 0.290 e. The van der Waals surface area contributed by atoms with Gasteiger partial charge in [0.1, 0.15) is 0 Å². The first-order chi connectivity index (χ1) is 10.3. The smallest absolute Gasteiger partial charge is 0.290 e. The summed E-state index contributed by atoms with van der Waals surface area (Å²) in [6, 6.07) is 19.9. The number of hydrogen-bond donors (Lipinski definition) is 2. The highest BCUT2D eigenvalue weighted by atomic mass is 16.1. The highest BCUT2D eigenvalue weighted by molar-refractivity contribution is 5.42. The third-order valence-electron chi connectivity index (χ3n) is 3.25. The van der Waals surface area contributed by atoms with Crippen molar-refractivity contribution in [3.8, 4) is 0 Å². The summed E-state index contributed by atoms with van der Waals surface area (Å²) >= 11 is 0. The van der Waals surface area contributed by atoms with Crippen LogP contribution in [0.3, 0.4) is 0 Å². The number of nitrogens with one attached hydrogen (secondary N) is 2. The standard InChI is InChI=1S/C17H15N3O/c21-17-16(18-11-12-19-17)20-15(13-7-3-1-4-8-13)14-9-5-2-6-10-14/h1-12,15H,(H,18,20)(H,19,21). The molecule has 0 saturated carbocycles. The zero-order chi connectivity index (χ0) is 14.5. The molecule has 2 aromatic carbocycles. The van der Waals surface area contributed by atoms with E-state index in [2.05, 4.69) is 15.3 Å². The van der Waals surface area contributed by atoms with Crippen molar-refractivity contribution in [1.29, 1.82) is 0 Å². The van der Waals surface area contributed by atoms with E-state index in [4.69, 9.17) is 0 Å². The molecule has 0 spiro atoms. The van der Waals surface area contributed by atoms with Gasteiger partial charge in [0.25, 0.3) is 5.56 Å². The second-order valence-electron chi connectivity index (χ2n) is 4.67. The Morgan fingerprint density at radius 2 is 1.48 bits per heavy atom. The van der Waals surface area contributed by atoms with Crippen LogP contribution < -0.4 is 10.9 Å². The zero-order valence-corrected chi connectivity index (χ0v) is 11.4. The molecule has 1 heterocycles. The van der Waals surface area contributed by atoms with Gasteiger partial charge in [0.05, 0.1) is 6.04 Å². The minimum absolute atomic E-state index is 0.122. The number of rotatable bonds is 4. The van der Waals surface area contributed by atoms with E-state index in [0.717, 1.165) is 11.1 Å². The lowest BCUT2D eigenvalue weighted by Gasteiger charge is -2.19. The number of benzene rings is 2. The van der Waals surface area contributed by atoms with Gasteiger partial charge in [-0.25, -0.2) is 4.98 Å². The normalized spacial score (nSPS) is 10.5. The Morgan fingerprint density at radius 1 is 0.905 bits per heavy atom. The van der Waals surface area contributed by atoms with Gasteiger partial charge < -0.3 is 10.3 Å². The molecule has 0 aliphatic rings. The fourth-order valence-corrected chi connectivity index (χ4v) is 2.24. The van der Waals surface area contributed by atoms with Crippen molar-refractivity contribution in [2.75, 3.05) is 5.32 Å². The highest BCUT2D eigenvalue weighted by Crippen LogP contribution is 2.24. The Labute approximate surface area is 122 Å². The first kappa shape index (κ1) is 13.1. The number of nitrogens with zero attached hydrogens (tertiary/aromatic N) is 1. The Morgan fingerprint density at radius 3 is 2.00 bits per heavy atom. The van der Waals surface area contributed by atoms with Crippen molar-refractivity contribution in [3.05, 3.63) is 94.5 Å². The highest BCUT2D eigenvalue weighted by Gasteiger charge is 2.15. The molecule has 4 heteroatoms. The molecule has 3 aromatic rings. The molecule has 104 valence electrons. The second-order valence-corrected chi connectivity index (χ2v) is 4.67. The summed E-state index contributed by atoms with van der Waals surface area (Å²) in [5.74, 6) is 0.315. The molecule has 0 fully saturated rings. The minimum Gasteiger partial charge on any atom is -0.355 e. The van der Waals surface area contributed by atoms with Crippen LogP contribution in [-0.2, 0) is 0 Å². The summed E-state index contributed by atoms with van der Waals surface area (Å²) in [4.78, 5) is 18.6. The quantitative estimate of drug-likeness (QED) is 0.770. The summed E-state index contributed by atoms with van der Waals surface area (Å²) in [5, 5.41) is 3.22. The molecule has 3 rings (SSSR count). The predicted molar refractivity (Wildman–Crippen MR) is 83.2 cm³/mol. The van der Waals surface area contributed by atoms with Gasteiger partial charge in [0.15, 0.2) is 5.82 Å². The van der Waals surface area contributed by atoms with Crippen LogP contribution in [0.15, 0.2) is 77.9 Å². The van der Waals surface area contributed by atoms with Gasteiger partial charge in [-0.2, -0.15) is 0 Å². The zero-order valence-electron chi connectivity index (χ0n) is 11.4. The van der Waals surface area contributed by atoms with Crippen LogP contribution in [0.4, 0.5) is 5.82 Å². The van der Waals surface area contributed by atoms with Crippen molar-refractivity contribution in [3.63, 3.8) is 0 Å². The van der Waals surface area contributed by atoms with Gasteiger partial charge >= 0.3 is 0 Å². The van der Waals surface area contributed by atoms with E-state index >= 15 is 0 Å². The lowest BCUT2D eigenvalue weighted by molar-refractivity contribution is 0.915. The molecule has 21 heavy (non-hydrogen) atoms. The van der Waals surface area contributed by atoms with Gasteiger partial charge in [0.2, 0.25) is 0 Å². The second kappa shape index (κ2) is 6.05. The Balaban J connectivity index is 2.01. The van der Waals surface area contributed by atoms with Crippen LogP contribution in [0, 0.1) is 0 Å². The van der Waals surface area contributed by atoms with E-state index in [0.29, 0.717) is 5.82 Å². The third kappa shape index (κ3) is 3.00. The van der Waals surface area contributed by atoms with Crippen LogP contribution in [0.5, 0.6) is 0 Å². The lowest BCUT2D eigenvalue weighted by atomic mass is 9.99. The van der Waals surface area contributed by atoms with Crippen molar-refractivity contribution in [2.24, 2.45) is 0 Å². The van der Waals surface area contributed by atoms with Gasteiger partial charge in [-0.15, -0.1) is 0 Å². The van der Waals surface area contributed by atoms with Gasteiger partial charge in [-0.05, 0) is 11.1 Å². The molecule has 0 atom stereocenters. The van der Waals surface area contributed by atoms with Crippen molar-refractivity contribution >= 4 is 5.82 Å². The maximum absolute atomic E-state index is 11.8. The largest absolute Gasteiger partial charge is 0.355 e. The third-order valence-corrected chi connectivity index (χ3v) is 3.25. The summed E-state index contributed by atoms with van der Waals surface area (Å²) in [6.45, 7) is 0. The molecule has 0 amide bonds. The van der Waals surface area contributed by atoms with Crippen LogP contribution in [0.25, 0.3) is 0 Å². The molecule has 0 aliphatic carbocycles. The first-order valence-electron chi connectivity index (χ1n) is 6.75. The monoisotopic (exact) mass is 277 g/mol. The Kier molecular flexibility index (Phi) is 3.78. The summed E-state index contributed by atoms with van der Waals surface area (Å²) in [5.41, 5.74) is 1.93. The molecule has 0 bridgehead atoms. The topological polar surface area (TPSA) is 57.8 Å². The van der Waals surface area contributed by atoms with Gasteiger partial charge in [-0.3, -0.25) is 4.79 Å². The van der Waals surface area contributed by atoms with Crippen LogP contribution >= 0.6 is 0 Å². The SMILES string of the molecule is O=c1[nH]ccnc1NC(c1ccccc1)c1ccccc1. The van der Waals surface area contributed by atoms with Gasteiger partial charge in [-0.1, -0.05) is 60.7 Å². The number of anilines is 1. The molecular weight excluding hydrogens is 262 g/mol. The van der Waals surface area contributed by atoms with E-state index in [1.807, 2.05) is 60.7 Å². The molecule has 0 saturated heterocycles. The van der Waals surface area contributed by atoms with Crippen molar-refractivity contribution < 1.29 is 0 Å². The number of aromatic amines is 1.